The summed E-state index contributed by atoms with van der Waals surface area (Å²) in [5, 5.41) is 4.35. The van der Waals surface area contributed by atoms with E-state index in [1.807, 2.05) is 18.2 Å². The third-order valence-electron chi connectivity index (χ3n) is 4.99. The zero-order valence-electron chi connectivity index (χ0n) is 11.5. The molecule has 1 aliphatic rings. The summed E-state index contributed by atoms with van der Waals surface area (Å²) in [7, 11) is 0. The van der Waals surface area contributed by atoms with Gasteiger partial charge in [0.1, 0.15) is 0 Å². The van der Waals surface area contributed by atoms with E-state index < -0.39 is 0 Å². The van der Waals surface area contributed by atoms with Crippen molar-refractivity contribution in [2.75, 3.05) is 6.54 Å². The molecule has 1 fully saturated rings. The van der Waals surface area contributed by atoms with Crippen molar-refractivity contribution < 1.29 is 0 Å². The minimum Gasteiger partial charge on any atom is -0.312 e. The molecule has 0 aromatic heterocycles. The zero-order valence-corrected chi connectivity index (χ0v) is 13.8. The highest BCUT2D eigenvalue weighted by Crippen LogP contribution is 2.67. The van der Waals surface area contributed by atoms with E-state index in [0.29, 0.717) is 10.8 Å². The second kappa shape index (κ2) is 4.81. The summed E-state index contributed by atoms with van der Waals surface area (Å²) in [6.45, 7) is 11.4. The van der Waals surface area contributed by atoms with Crippen molar-refractivity contribution in [3.05, 3.63) is 33.3 Å². The van der Waals surface area contributed by atoms with Crippen LogP contribution in [0.2, 0.25) is 5.02 Å². The van der Waals surface area contributed by atoms with E-state index in [9.17, 15) is 0 Å². The molecule has 0 unspecified atom stereocenters. The third-order valence-corrected chi connectivity index (χ3v) is 6.00. The fourth-order valence-corrected chi connectivity index (χ4v) is 3.45. The molecular weight excluding hydrogens is 310 g/mol. The first-order valence-electron chi connectivity index (χ1n) is 6.41. The smallest absolute Gasteiger partial charge is 0.0410 e. The summed E-state index contributed by atoms with van der Waals surface area (Å²) < 4.78 is 1.12. The van der Waals surface area contributed by atoms with Crippen LogP contribution in [0.25, 0.3) is 0 Å². The zero-order chi connectivity index (χ0) is 13.6. The fraction of sp³-hybridized carbons (Fsp3) is 0.600. The molecule has 0 aliphatic heterocycles. The highest BCUT2D eigenvalue weighted by atomic mass is 79.9. The van der Waals surface area contributed by atoms with Crippen LogP contribution in [0.4, 0.5) is 0 Å². The largest absolute Gasteiger partial charge is 0.312 e. The van der Waals surface area contributed by atoms with Crippen LogP contribution in [0.5, 0.6) is 0 Å². The van der Waals surface area contributed by atoms with E-state index in [1.54, 1.807) is 0 Å². The van der Waals surface area contributed by atoms with E-state index in [0.717, 1.165) is 28.5 Å². The van der Waals surface area contributed by atoms with Crippen molar-refractivity contribution in [3.8, 4) is 0 Å². The molecular formula is C15H21BrClN. The Labute approximate surface area is 123 Å². The Hall–Kier alpha value is -0.0500. The van der Waals surface area contributed by atoms with Gasteiger partial charge in [-0.15, -0.1) is 0 Å². The van der Waals surface area contributed by atoms with Crippen molar-refractivity contribution in [1.29, 1.82) is 0 Å². The van der Waals surface area contributed by atoms with E-state index in [1.165, 1.54) is 5.56 Å². The molecule has 3 heteroatoms. The lowest BCUT2D eigenvalue weighted by Gasteiger charge is -2.08. The number of rotatable bonds is 4. The van der Waals surface area contributed by atoms with Crippen LogP contribution in [0.15, 0.2) is 22.7 Å². The summed E-state index contributed by atoms with van der Waals surface area (Å²) in [4.78, 5) is 0. The Balaban J connectivity index is 1.89. The van der Waals surface area contributed by atoms with E-state index in [4.69, 9.17) is 11.6 Å². The SMILES string of the molecule is CC1(C)C(CNCc2cc(Cl)ccc2Br)C1(C)C. The topological polar surface area (TPSA) is 12.0 Å². The van der Waals surface area contributed by atoms with Gasteiger partial charge in [-0.3, -0.25) is 0 Å². The Morgan fingerprint density at radius 1 is 1.22 bits per heavy atom. The molecule has 0 radical (unpaired) electrons. The molecule has 0 spiro atoms. The second-order valence-electron chi connectivity index (χ2n) is 6.36. The Kier molecular flexibility index (Phi) is 3.84. The Morgan fingerprint density at radius 3 is 2.39 bits per heavy atom. The minimum absolute atomic E-state index is 0.450. The van der Waals surface area contributed by atoms with Crippen LogP contribution < -0.4 is 5.32 Å². The third kappa shape index (κ3) is 2.48. The van der Waals surface area contributed by atoms with Gasteiger partial charge in [-0.05, 0) is 47.1 Å². The Morgan fingerprint density at radius 2 is 1.83 bits per heavy atom. The first-order chi connectivity index (χ1) is 8.26. The van der Waals surface area contributed by atoms with Gasteiger partial charge in [0.25, 0.3) is 0 Å². The first-order valence-corrected chi connectivity index (χ1v) is 7.58. The molecule has 0 heterocycles. The van der Waals surface area contributed by atoms with Gasteiger partial charge in [0.15, 0.2) is 0 Å². The van der Waals surface area contributed by atoms with Gasteiger partial charge in [-0.25, -0.2) is 0 Å². The second-order valence-corrected chi connectivity index (χ2v) is 7.65. The quantitative estimate of drug-likeness (QED) is 0.830. The highest BCUT2D eigenvalue weighted by molar-refractivity contribution is 9.10. The maximum atomic E-state index is 6.01. The molecule has 1 N–H and O–H groups in total. The molecule has 0 saturated heterocycles. The average Bonchev–Trinajstić information content (AvgIpc) is 2.65. The average molecular weight is 331 g/mol. The summed E-state index contributed by atoms with van der Waals surface area (Å²) >= 11 is 9.57. The van der Waals surface area contributed by atoms with Crippen LogP contribution in [0.3, 0.4) is 0 Å². The molecule has 1 aromatic carbocycles. The van der Waals surface area contributed by atoms with Crippen LogP contribution in [-0.4, -0.2) is 6.54 Å². The molecule has 1 nitrogen and oxygen atoms in total. The molecule has 18 heavy (non-hydrogen) atoms. The monoisotopic (exact) mass is 329 g/mol. The van der Waals surface area contributed by atoms with Gasteiger partial charge in [0.05, 0.1) is 0 Å². The first kappa shape index (κ1) is 14.4. The summed E-state index contributed by atoms with van der Waals surface area (Å²) in [5.41, 5.74) is 2.12. The lowest BCUT2D eigenvalue weighted by atomic mass is 10.0. The van der Waals surface area contributed by atoms with Gasteiger partial charge >= 0.3 is 0 Å². The molecule has 0 amide bonds. The lowest BCUT2D eigenvalue weighted by molar-refractivity contribution is 0.457. The van der Waals surface area contributed by atoms with Crippen LogP contribution >= 0.6 is 27.5 Å². The molecule has 0 bridgehead atoms. The minimum atomic E-state index is 0.450. The van der Waals surface area contributed by atoms with E-state index >= 15 is 0 Å². The molecule has 1 saturated carbocycles. The number of nitrogens with one attached hydrogen (secondary N) is 1. The summed E-state index contributed by atoms with van der Waals surface area (Å²) in [6, 6.07) is 5.93. The number of halogens is 2. The summed E-state index contributed by atoms with van der Waals surface area (Å²) in [5.74, 6) is 0.753. The molecule has 1 aliphatic carbocycles. The molecule has 100 valence electrons. The molecule has 1 aromatic rings. The normalized spacial score (nSPS) is 21.0. The van der Waals surface area contributed by atoms with Gasteiger partial charge in [-0.2, -0.15) is 0 Å². The van der Waals surface area contributed by atoms with Crippen LogP contribution in [-0.2, 0) is 6.54 Å². The van der Waals surface area contributed by atoms with Crippen LogP contribution in [0, 0.1) is 16.7 Å². The van der Waals surface area contributed by atoms with E-state index in [2.05, 4.69) is 48.9 Å². The molecule has 2 rings (SSSR count). The summed E-state index contributed by atoms with van der Waals surface area (Å²) in [6.07, 6.45) is 0. The number of hydrogen-bond donors (Lipinski definition) is 1. The van der Waals surface area contributed by atoms with Gasteiger partial charge in [0, 0.05) is 16.0 Å². The van der Waals surface area contributed by atoms with Crippen molar-refractivity contribution in [1.82, 2.24) is 5.32 Å². The van der Waals surface area contributed by atoms with Crippen molar-refractivity contribution in [2.24, 2.45) is 16.7 Å². The van der Waals surface area contributed by atoms with E-state index in [-0.39, 0.29) is 0 Å². The van der Waals surface area contributed by atoms with Gasteiger partial charge in [-0.1, -0.05) is 55.2 Å². The van der Waals surface area contributed by atoms with Crippen molar-refractivity contribution in [2.45, 2.75) is 34.2 Å². The predicted molar refractivity (Wildman–Crippen MR) is 81.9 cm³/mol. The van der Waals surface area contributed by atoms with Crippen LogP contribution in [0.1, 0.15) is 33.3 Å². The maximum Gasteiger partial charge on any atom is 0.0410 e. The molecule has 0 atom stereocenters. The number of benzene rings is 1. The number of hydrogen-bond acceptors (Lipinski definition) is 1. The fourth-order valence-electron chi connectivity index (χ4n) is 2.87. The predicted octanol–water partition coefficient (Wildman–Crippen LogP) is 4.87. The van der Waals surface area contributed by atoms with Crippen molar-refractivity contribution in [3.63, 3.8) is 0 Å². The van der Waals surface area contributed by atoms with Gasteiger partial charge in [0.2, 0.25) is 0 Å². The lowest BCUT2D eigenvalue weighted by Crippen LogP contribution is -2.19. The maximum absolute atomic E-state index is 6.01. The van der Waals surface area contributed by atoms with Gasteiger partial charge < -0.3 is 5.32 Å². The Bertz CT molecular complexity index is 440. The van der Waals surface area contributed by atoms with Crippen molar-refractivity contribution >= 4 is 27.5 Å². The highest BCUT2D eigenvalue weighted by Gasteiger charge is 2.63. The standard InChI is InChI=1S/C15H21BrClN/c1-14(2)13(15(14,3)4)9-18-8-10-7-11(17)5-6-12(10)16/h5-7,13,18H,8-9H2,1-4H3.